The minimum Gasteiger partial charge on any atom is -0.490 e. The van der Waals surface area contributed by atoms with Crippen molar-refractivity contribution in [2.45, 2.75) is 65.6 Å². The number of carbonyl (C=O) groups excluding carboxylic acids is 1. The molecule has 3 aromatic rings. The van der Waals surface area contributed by atoms with E-state index in [4.69, 9.17) is 4.74 Å². The highest BCUT2D eigenvalue weighted by Gasteiger charge is 2.27. The molecule has 0 radical (unpaired) electrons. The molecular weight excluding hydrogens is 424 g/mol. The van der Waals surface area contributed by atoms with Gasteiger partial charge in [0.05, 0.1) is 5.52 Å². The van der Waals surface area contributed by atoms with Crippen LogP contribution < -0.4 is 4.74 Å². The zero-order chi connectivity index (χ0) is 23.8. The zero-order valence-electron chi connectivity index (χ0n) is 20.9. The van der Waals surface area contributed by atoms with E-state index >= 15 is 0 Å². The standard InChI is InChI=1S/C28H36N4O2/c1-18(2)5-8-26-25-15-24(19(3)13-27(25)30-29-26)28(33)32-16-20-6-7-23(14-21(20)17-32)34-22-9-11-31(4)12-10-22/h6-7,13-15,18,22H,5,8-12,16-17H2,1-4H3,(H,29,30). The van der Waals surface area contributed by atoms with Gasteiger partial charge in [0.25, 0.3) is 5.91 Å². The number of benzene rings is 2. The number of fused-ring (bicyclic) bond motifs is 2. The number of likely N-dealkylation sites (tertiary alicyclic amines) is 1. The third-order valence-corrected chi connectivity index (χ3v) is 7.34. The van der Waals surface area contributed by atoms with Crippen molar-refractivity contribution in [1.29, 1.82) is 0 Å². The summed E-state index contributed by atoms with van der Waals surface area (Å²) in [7, 11) is 2.16. The molecule has 1 fully saturated rings. The van der Waals surface area contributed by atoms with E-state index < -0.39 is 0 Å². The van der Waals surface area contributed by atoms with Crippen LogP contribution in [0.2, 0.25) is 0 Å². The highest BCUT2D eigenvalue weighted by molar-refractivity contribution is 6.00. The first kappa shape index (κ1) is 22.9. The van der Waals surface area contributed by atoms with Gasteiger partial charge in [-0.05, 0) is 86.5 Å². The second kappa shape index (κ2) is 9.41. The molecule has 0 unspecified atom stereocenters. The number of amides is 1. The highest BCUT2D eigenvalue weighted by atomic mass is 16.5. The largest absolute Gasteiger partial charge is 0.490 e. The Hall–Kier alpha value is -2.86. The van der Waals surface area contributed by atoms with Crippen molar-refractivity contribution < 1.29 is 9.53 Å². The Morgan fingerprint density at radius 1 is 1.15 bits per heavy atom. The molecule has 0 spiro atoms. The van der Waals surface area contributed by atoms with Crippen LogP contribution in [-0.2, 0) is 19.5 Å². The molecule has 0 bridgehead atoms. The van der Waals surface area contributed by atoms with Gasteiger partial charge in [-0.15, -0.1) is 0 Å². The fourth-order valence-electron chi connectivity index (χ4n) is 5.12. The van der Waals surface area contributed by atoms with Crippen LogP contribution in [0.15, 0.2) is 30.3 Å². The summed E-state index contributed by atoms with van der Waals surface area (Å²) >= 11 is 0. The fourth-order valence-corrected chi connectivity index (χ4v) is 5.12. The monoisotopic (exact) mass is 460 g/mol. The first-order chi connectivity index (χ1) is 16.4. The third-order valence-electron chi connectivity index (χ3n) is 7.34. The topological polar surface area (TPSA) is 61.5 Å². The summed E-state index contributed by atoms with van der Waals surface area (Å²) in [6.07, 6.45) is 4.45. The molecule has 2 aliphatic rings. The van der Waals surface area contributed by atoms with Crippen molar-refractivity contribution in [3.05, 3.63) is 58.3 Å². The van der Waals surface area contributed by atoms with Gasteiger partial charge in [0.2, 0.25) is 0 Å². The molecule has 2 aliphatic heterocycles. The summed E-state index contributed by atoms with van der Waals surface area (Å²) in [5.74, 6) is 1.64. The summed E-state index contributed by atoms with van der Waals surface area (Å²) in [5, 5.41) is 8.75. The van der Waals surface area contributed by atoms with Crippen LogP contribution in [0.1, 0.15) is 65.9 Å². The molecular formula is C28H36N4O2. The number of aromatic nitrogens is 2. The molecule has 1 amide bonds. The van der Waals surface area contributed by atoms with Crippen LogP contribution in [0.5, 0.6) is 5.75 Å². The maximum absolute atomic E-state index is 13.6. The smallest absolute Gasteiger partial charge is 0.254 e. The molecule has 34 heavy (non-hydrogen) atoms. The molecule has 3 heterocycles. The first-order valence-corrected chi connectivity index (χ1v) is 12.6. The molecule has 1 N–H and O–H groups in total. The number of carbonyl (C=O) groups is 1. The Labute approximate surface area is 202 Å². The van der Waals surface area contributed by atoms with Crippen molar-refractivity contribution in [2.24, 2.45) is 5.92 Å². The van der Waals surface area contributed by atoms with Gasteiger partial charge in [-0.2, -0.15) is 5.10 Å². The maximum atomic E-state index is 13.6. The Morgan fingerprint density at radius 2 is 1.91 bits per heavy atom. The lowest BCUT2D eigenvalue weighted by Gasteiger charge is -2.29. The molecule has 180 valence electrons. The number of piperidine rings is 1. The Bertz CT molecular complexity index is 1190. The van der Waals surface area contributed by atoms with E-state index in [0.717, 1.165) is 72.2 Å². The van der Waals surface area contributed by atoms with E-state index in [2.05, 4.69) is 54.2 Å². The highest BCUT2D eigenvalue weighted by Crippen LogP contribution is 2.31. The number of H-pyrrole nitrogens is 1. The summed E-state index contributed by atoms with van der Waals surface area (Å²) in [5.41, 5.74) is 6.21. The van der Waals surface area contributed by atoms with Crippen LogP contribution in [0, 0.1) is 12.8 Å². The van der Waals surface area contributed by atoms with E-state index in [1.807, 2.05) is 24.0 Å². The molecule has 5 rings (SSSR count). The van der Waals surface area contributed by atoms with Gasteiger partial charge in [-0.25, -0.2) is 0 Å². The van der Waals surface area contributed by atoms with Gasteiger partial charge in [-0.1, -0.05) is 19.9 Å². The number of nitrogens with one attached hydrogen (secondary N) is 1. The van der Waals surface area contributed by atoms with Crippen LogP contribution in [0.25, 0.3) is 10.9 Å². The van der Waals surface area contributed by atoms with Gasteiger partial charge < -0.3 is 14.5 Å². The van der Waals surface area contributed by atoms with Crippen molar-refractivity contribution >= 4 is 16.8 Å². The van der Waals surface area contributed by atoms with Gasteiger partial charge >= 0.3 is 0 Å². The van der Waals surface area contributed by atoms with Gasteiger partial charge in [0.1, 0.15) is 11.9 Å². The Morgan fingerprint density at radius 3 is 2.68 bits per heavy atom. The van der Waals surface area contributed by atoms with Crippen LogP contribution in [-0.4, -0.2) is 52.1 Å². The van der Waals surface area contributed by atoms with Crippen molar-refractivity contribution in [1.82, 2.24) is 20.0 Å². The van der Waals surface area contributed by atoms with Crippen molar-refractivity contribution in [3.63, 3.8) is 0 Å². The van der Waals surface area contributed by atoms with Gasteiger partial charge in [-0.3, -0.25) is 9.89 Å². The van der Waals surface area contributed by atoms with Gasteiger partial charge in [0, 0.05) is 42.8 Å². The third kappa shape index (κ3) is 4.69. The quantitative estimate of drug-likeness (QED) is 0.557. The van der Waals surface area contributed by atoms with E-state index in [1.165, 1.54) is 11.1 Å². The number of ether oxygens (including phenoxy) is 1. The lowest BCUT2D eigenvalue weighted by atomic mass is 10.0. The second-order valence-corrected chi connectivity index (χ2v) is 10.5. The Balaban J connectivity index is 1.31. The lowest BCUT2D eigenvalue weighted by Crippen LogP contribution is -2.35. The average molecular weight is 461 g/mol. The zero-order valence-corrected chi connectivity index (χ0v) is 20.9. The first-order valence-electron chi connectivity index (χ1n) is 12.6. The minimum atomic E-state index is 0.0874. The van der Waals surface area contributed by atoms with E-state index in [0.29, 0.717) is 19.0 Å². The van der Waals surface area contributed by atoms with Crippen LogP contribution >= 0.6 is 0 Å². The summed E-state index contributed by atoms with van der Waals surface area (Å²) in [6.45, 7) is 9.90. The normalized spacial score (nSPS) is 17.0. The molecule has 2 aromatic carbocycles. The predicted molar refractivity (Wildman–Crippen MR) is 135 cm³/mol. The molecule has 6 heteroatoms. The SMILES string of the molecule is Cc1cc2n[nH]c(CCC(C)C)c2cc1C(=O)N1Cc2ccc(OC3CCN(C)CC3)cc2C1. The number of aromatic amines is 1. The molecule has 0 saturated carbocycles. The summed E-state index contributed by atoms with van der Waals surface area (Å²) in [4.78, 5) is 17.9. The second-order valence-electron chi connectivity index (χ2n) is 10.5. The Kier molecular flexibility index (Phi) is 6.34. The molecule has 1 aromatic heterocycles. The van der Waals surface area contributed by atoms with Crippen LogP contribution in [0.4, 0.5) is 0 Å². The van der Waals surface area contributed by atoms with E-state index in [9.17, 15) is 4.79 Å². The van der Waals surface area contributed by atoms with Gasteiger partial charge in [0.15, 0.2) is 0 Å². The minimum absolute atomic E-state index is 0.0874. The maximum Gasteiger partial charge on any atom is 0.254 e. The molecule has 6 nitrogen and oxygen atoms in total. The summed E-state index contributed by atoms with van der Waals surface area (Å²) < 4.78 is 6.28. The number of hydrogen-bond donors (Lipinski definition) is 1. The number of rotatable bonds is 6. The predicted octanol–water partition coefficient (Wildman–Crippen LogP) is 5.09. The fraction of sp³-hybridized carbons (Fsp3) is 0.500. The van der Waals surface area contributed by atoms with Crippen molar-refractivity contribution in [2.75, 3.05) is 20.1 Å². The van der Waals surface area contributed by atoms with E-state index in [-0.39, 0.29) is 12.0 Å². The lowest BCUT2D eigenvalue weighted by molar-refractivity contribution is 0.0750. The number of aryl methyl sites for hydroxylation is 2. The number of hydrogen-bond acceptors (Lipinski definition) is 4. The molecule has 0 aliphatic carbocycles. The van der Waals surface area contributed by atoms with Crippen LogP contribution in [0.3, 0.4) is 0 Å². The van der Waals surface area contributed by atoms with E-state index in [1.54, 1.807) is 0 Å². The molecule has 0 atom stereocenters. The summed E-state index contributed by atoms with van der Waals surface area (Å²) in [6, 6.07) is 10.4. The van der Waals surface area contributed by atoms with Crippen molar-refractivity contribution in [3.8, 4) is 5.75 Å². The average Bonchev–Trinajstić information content (AvgIpc) is 3.41. The number of nitrogens with zero attached hydrogens (tertiary/aromatic N) is 3. The molecule has 1 saturated heterocycles.